The Balaban J connectivity index is 0. The SMILES string of the molecule is C=CC(=O)O.CSCC[C@H](N)C(=O)OCCOCCOC(=O)[C@@H](N)CCSC. The third kappa shape index (κ3) is 19.5. The predicted molar refractivity (Wildman–Crippen MR) is 113 cm³/mol. The lowest BCUT2D eigenvalue weighted by molar-refractivity contribution is -0.148. The smallest absolute Gasteiger partial charge is 0.327 e. The Morgan fingerprint density at radius 3 is 1.57 bits per heavy atom. The number of carboxylic acid groups (broad SMARTS) is 1. The summed E-state index contributed by atoms with van der Waals surface area (Å²) in [7, 11) is 0. The van der Waals surface area contributed by atoms with E-state index < -0.39 is 30.0 Å². The van der Waals surface area contributed by atoms with Gasteiger partial charge in [0.2, 0.25) is 0 Å². The van der Waals surface area contributed by atoms with Gasteiger partial charge in [0.05, 0.1) is 13.2 Å². The third-order valence-electron chi connectivity index (χ3n) is 2.99. The Morgan fingerprint density at radius 2 is 1.29 bits per heavy atom. The molecule has 0 saturated heterocycles. The van der Waals surface area contributed by atoms with Crippen molar-refractivity contribution in [1.29, 1.82) is 0 Å². The molecular formula is C17H32N2O7S2. The molecule has 0 aliphatic carbocycles. The maximum atomic E-state index is 11.5. The number of esters is 2. The third-order valence-corrected chi connectivity index (χ3v) is 4.28. The molecule has 0 aromatic heterocycles. The van der Waals surface area contributed by atoms with Gasteiger partial charge in [-0.25, -0.2) is 4.79 Å². The van der Waals surface area contributed by atoms with Crippen LogP contribution in [0.15, 0.2) is 12.7 Å². The normalized spacial score (nSPS) is 12.1. The van der Waals surface area contributed by atoms with Crippen molar-refractivity contribution >= 4 is 41.4 Å². The standard InChI is InChI=1S/C14H28N2O5S2.C3H4O2/c1-22-9-3-11(15)13(17)20-7-5-19-6-8-21-14(18)12(16)4-10-23-2;1-2-3(4)5/h11-12H,3-10,15-16H2,1-2H3;2H,1H2,(H,4,5)/t11-,12-;/m0./s1. The average Bonchev–Trinajstić information content (AvgIpc) is 2.69. The van der Waals surface area contributed by atoms with Crippen LogP contribution < -0.4 is 11.5 Å². The Kier molecular flexibility index (Phi) is 21.1. The fraction of sp³-hybridized carbons (Fsp3) is 0.706. The summed E-state index contributed by atoms with van der Waals surface area (Å²) in [5, 5.41) is 7.60. The fourth-order valence-electron chi connectivity index (χ4n) is 1.44. The van der Waals surface area contributed by atoms with Crippen molar-refractivity contribution in [3.63, 3.8) is 0 Å². The largest absolute Gasteiger partial charge is 0.478 e. The number of nitrogens with two attached hydrogens (primary N) is 2. The van der Waals surface area contributed by atoms with E-state index in [1.165, 1.54) is 0 Å². The zero-order valence-electron chi connectivity index (χ0n) is 16.5. The van der Waals surface area contributed by atoms with Crippen LogP contribution in [0.4, 0.5) is 0 Å². The summed E-state index contributed by atoms with van der Waals surface area (Å²) in [6.45, 7) is 3.69. The fourth-order valence-corrected chi connectivity index (χ4v) is 2.42. The van der Waals surface area contributed by atoms with Gasteiger partial charge in [-0.15, -0.1) is 0 Å². The number of carboxylic acids is 1. The molecule has 9 nitrogen and oxygen atoms in total. The number of carbonyl (C=O) groups is 3. The van der Waals surface area contributed by atoms with Crippen LogP contribution in [0.25, 0.3) is 0 Å². The Morgan fingerprint density at radius 1 is 0.929 bits per heavy atom. The Labute approximate surface area is 174 Å². The van der Waals surface area contributed by atoms with Crippen LogP contribution in [0.5, 0.6) is 0 Å². The van der Waals surface area contributed by atoms with E-state index in [4.69, 9.17) is 30.8 Å². The van der Waals surface area contributed by atoms with Crippen molar-refractivity contribution < 1.29 is 33.7 Å². The second kappa shape index (κ2) is 20.5. The Bertz CT molecular complexity index is 423. The molecule has 2 atom stereocenters. The second-order valence-electron chi connectivity index (χ2n) is 5.27. The van der Waals surface area contributed by atoms with Crippen LogP contribution in [0.2, 0.25) is 0 Å². The number of aliphatic carboxylic acids is 1. The van der Waals surface area contributed by atoms with Gasteiger partial charge in [-0.2, -0.15) is 23.5 Å². The van der Waals surface area contributed by atoms with Gasteiger partial charge in [0.15, 0.2) is 0 Å². The van der Waals surface area contributed by atoms with Gasteiger partial charge >= 0.3 is 17.9 Å². The number of carbonyl (C=O) groups excluding carboxylic acids is 2. The highest BCUT2D eigenvalue weighted by Crippen LogP contribution is 2.01. The number of rotatable bonds is 15. The molecule has 0 aromatic carbocycles. The van der Waals surface area contributed by atoms with Crippen molar-refractivity contribution in [2.24, 2.45) is 11.5 Å². The van der Waals surface area contributed by atoms with Crippen LogP contribution in [0, 0.1) is 0 Å². The molecule has 0 aliphatic heterocycles. The predicted octanol–water partition coefficient (Wildman–Crippen LogP) is 0.507. The molecule has 0 fully saturated rings. The second-order valence-corrected chi connectivity index (χ2v) is 7.24. The quantitative estimate of drug-likeness (QED) is 0.185. The van der Waals surface area contributed by atoms with Crippen LogP contribution in [-0.2, 0) is 28.6 Å². The van der Waals surface area contributed by atoms with E-state index in [2.05, 4.69) is 6.58 Å². The van der Waals surface area contributed by atoms with Gasteiger partial charge in [-0.3, -0.25) is 9.59 Å². The first kappa shape index (κ1) is 28.9. The van der Waals surface area contributed by atoms with Gasteiger partial charge < -0.3 is 30.8 Å². The molecule has 0 aromatic rings. The molecule has 0 saturated carbocycles. The summed E-state index contributed by atoms with van der Waals surface area (Å²) in [5.74, 6) is -0.193. The number of thioether (sulfide) groups is 2. The van der Waals surface area contributed by atoms with Gasteiger partial charge in [0.25, 0.3) is 0 Å². The summed E-state index contributed by atoms with van der Waals surface area (Å²) in [4.78, 5) is 32.2. The summed E-state index contributed by atoms with van der Waals surface area (Å²) >= 11 is 3.26. The van der Waals surface area contributed by atoms with E-state index in [-0.39, 0.29) is 26.4 Å². The molecule has 0 rings (SSSR count). The zero-order valence-corrected chi connectivity index (χ0v) is 18.1. The molecule has 0 aliphatic rings. The average molecular weight is 441 g/mol. The van der Waals surface area contributed by atoms with Crippen LogP contribution in [0.1, 0.15) is 12.8 Å². The van der Waals surface area contributed by atoms with E-state index in [1.807, 2.05) is 12.5 Å². The summed E-state index contributed by atoms with van der Waals surface area (Å²) in [6.07, 6.45) is 5.92. The molecule has 28 heavy (non-hydrogen) atoms. The summed E-state index contributed by atoms with van der Waals surface area (Å²) in [6, 6.07) is -1.18. The monoisotopic (exact) mass is 440 g/mol. The van der Waals surface area contributed by atoms with Crippen molar-refractivity contribution in [3.05, 3.63) is 12.7 Å². The molecule has 5 N–H and O–H groups in total. The molecular weight excluding hydrogens is 408 g/mol. The molecule has 0 radical (unpaired) electrons. The highest BCUT2D eigenvalue weighted by Gasteiger charge is 2.15. The van der Waals surface area contributed by atoms with E-state index in [0.29, 0.717) is 12.8 Å². The van der Waals surface area contributed by atoms with Gasteiger partial charge in [-0.1, -0.05) is 6.58 Å². The summed E-state index contributed by atoms with van der Waals surface area (Å²) in [5.41, 5.74) is 11.3. The molecule has 164 valence electrons. The molecule has 11 heteroatoms. The molecule has 0 spiro atoms. The first-order valence-electron chi connectivity index (χ1n) is 8.55. The van der Waals surface area contributed by atoms with Gasteiger partial charge in [0.1, 0.15) is 25.3 Å². The minimum Gasteiger partial charge on any atom is -0.478 e. The molecule has 0 unspecified atom stereocenters. The highest BCUT2D eigenvalue weighted by molar-refractivity contribution is 7.98. The Hall–Kier alpha value is -1.27. The van der Waals surface area contributed by atoms with Crippen LogP contribution >= 0.6 is 23.5 Å². The molecule has 0 bridgehead atoms. The van der Waals surface area contributed by atoms with E-state index in [9.17, 15) is 14.4 Å². The van der Waals surface area contributed by atoms with Crippen LogP contribution in [0.3, 0.4) is 0 Å². The number of hydrogen-bond acceptors (Lipinski definition) is 10. The lowest BCUT2D eigenvalue weighted by atomic mass is 10.2. The minimum absolute atomic E-state index is 0.132. The molecule has 0 amide bonds. The van der Waals surface area contributed by atoms with Gasteiger partial charge in [0, 0.05) is 6.08 Å². The lowest BCUT2D eigenvalue weighted by Crippen LogP contribution is -2.34. The van der Waals surface area contributed by atoms with E-state index >= 15 is 0 Å². The first-order valence-corrected chi connectivity index (χ1v) is 11.3. The van der Waals surface area contributed by atoms with Crippen molar-refractivity contribution in [2.75, 3.05) is 50.4 Å². The molecule has 0 heterocycles. The first-order chi connectivity index (χ1) is 13.3. The van der Waals surface area contributed by atoms with Crippen molar-refractivity contribution in [2.45, 2.75) is 24.9 Å². The maximum Gasteiger partial charge on any atom is 0.327 e. The van der Waals surface area contributed by atoms with E-state index in [0.717, 1.165) is 17.6 Å². The van der Waals surface area contributed by atoms with Crippen LogP contribution in [-0.4, -0.2) is 85.5 Å². The minimum atomic E-state index is -0.981. The zero-order chi connectivity index (χ0) is 21.8. The lowest BCUT2D eigenvalue weighted by Gasteiger charge is -2.12. The maximum absolute atomic E-state index is 11.5. The number of ether oxygens (including phenoxy) is 3. The van der Waals surface area contributed by atoms with Gasteiger partial charge in [-0.05, 0) is 36.9 Å². The number of hydrogen-bond donors (Lipinski definition) is 3. The topological polar surface area (TPSA) is 151 Å². The highest BCUT2D eigenvalue weighted by atomic mass is 32.2. The van der Waals surface area contributed by atoms with Crippen molar-refractivity contribution in [1.82, 2.24) is 0 Å². The van der Waals surface area contributed by atoms with Crippen molar-refractivity contribution in [3.8, 4) is 0 Å². The summed E-state index contributed by atoms with van der Waals surface area (Å²) < 4.78 is 15.2. The van der Waals surface area contributed by atoms with E-state index in [1.54, 1.807) is 23.5 Å².